The van der Waals surface area contributed by atoms with E-state index in [9.17, 15) is 9.59 Å². The molecule has 0 unspecified atom stereocenters. The molecule has 1 aromatic carbocycles. The van der Waals surface area contributed by atoms with Crippen LogP contribution in [0.15, 0.2) is 29.2 Å². The summed E-state index contributed by atoms with van der Waals surface area (Å²) < 4.78 is 6.94. The molecule has 1 aromatic heterocycles. The number of hydrogen-bond donors (Lipinski definition) is 1. The number of nitrogen functional groups attached to an aromatic ring is 1. The van der Waals surface area contributed by atoms with Crippen molar-refractivity contribution in [1.29, 1.82) is 0 Å². The summed E-state index contributed by atoms with van der Waals surface area (Å²) in [6.45, 7) is 4.86. The Morgan fingerprint density at radius 2 is 2.00 bits per heavy atom. The second-order valence-corrected chi connectivity index (χ2v) is 5.59. The van der Waals surface area contributed by atoms with Gasteiger partial charge in [0.2, 0.25) is 5.43 Å². The highest BCUT2D eigenvalue weighted by Gasteiger charge is 2.17. The minimum Gasteiger partial charge on any atom is -0.462 e. The third kappa shape index (κ3) is 3.73. The molecule has 0 saturated heterocycles. The van der Waals surface area contributed by atoms with Crippen molar-refractivity contribution in [1.82, 2.24) is 4.57 Å². The number of ether oxygens (including phenoxy) is 1. The third-order valence-corrected chi connectivity index (χ3v) is 3.89. The lowest BCUT2D eigenvalue weighted by atomic mass is 10.1. The molecule has 0 radical (unpaired) electrons. The van der Waals surface area contributed by atoms with Gasteiger partial charge in [-0.15, -0.1) is 0 Å². The Kier molecular flexibility index (Phi) is 5.79. The average Bonchev–Trinajstić information content (AvgIpc) is 2.53. The maximum Gasteiger partial charge on any atom is 0.343 e. The van der Waals surface area contributed by atoms with Gasteiger partial charge in [-0.25, -0.2) is 4.79 Å². The van der Waals surface area contributed by atoms with E-state index in [1.54, 1.807) is 19.2 Å². The Bertz CT molecular complexity index is 750. The van der Waals surface area contributed by atoms with E-state index in [0.29, 0.717) is 11.1 Å². The average molecular weight is 316 g/mol. The molecule has 2 rings (SSSR count). The SMILES string of the molecule is CCCCCCn1cc(C(=O)OCC)c(=O)c2c(N)cccc21. The van der Waals surface area contributed by atoms with Gasteiger partial charge in [0.1, 0.15) is 5.56 Å². The molecule has 0 saturated carbocycles. The summed E-state index contributed by atoms with van der Waals surface area (Å²) in [7, 11) is 0. The molecule has 0 aliphatic rings. The van der Waals surface area contributed by atoms with Crippen LogP contribution in [-0.4, -0.2) is 17.1 Å². The zero-order valence-electron chi connectivity index (χ0n) is 13.8. The maximum absolute atomic E-state index is 12.6. The summed E-state index contributed by atoms with van der Waals surface area (Å²) in [6.07, 6.45) is 6.04. The smallest absolute Gasteiger partial charge is 0.343 e. The van der Waals surface area contributed by atoms with Gasteiger partial charge in [0.05, 0.1) is 17.5 Å². The number of esters is 1. The molecule has 0 aliphatic carbocycles. The van der Waals surface area contributed by atoms with E-state index in [0.717, 1.165) is 31.3 Å². The van der Waals surface area contributed by atoms with Crippen LogP contribution in [0.25, 0.3) is 10.9 Å². The molecule has 5 nitrogen and oxygen atoms in total. The number of carbonyl (C=O) groups is 1. The van der Waals surface area contributed by atoms with Gasteiger partial charge in [0, 0.05) is 18.4 Å². The summed E-state index contributed by atoms with van der Waals surface area (Å²) in [5.74, 6) is -0.593. The minimum atomic E-state index is -0.593. The molecular formula is C18H24N2O3. The van der Waals surface area contributed by atoms with Crippen molar-refractivity contribution in [2.45, 2.75) is 46.1 Å². The van der Waals surface area contributed by atoms with Crippen LogP contribution in [0.5, 0.6) is 0 Å². The van der Waals surface area contributed by atoms with Crippen molar-refractivity contribution >= 4 is 22.6 Å². The first-order valence-electron chi connectivity index (χ1n) is 8.18. The summed E-state index contributed by atoms with van der Waals surface area (Å²) in [6, 6.07) is 5.37. The number of benzene rings is 1. The second kappa shape index (κ2) is 7.81. The number of nitrogens with two attached hydrogens (primary N) is 1. The molecule has 23 heavy (non-hydrogen) atoms. The number of fused-ring (bicyclic) bond motifs is 1. The summed E-state index contributed by atoms with van der Waals surface area (Å²) >= 11 is 0. The van der Waals surface area contributed by atoms with E-state index in [-0.39, 0.29) is 17.6 Å². The van der Waals surface area contributed by atoms with Gasteiger partial charge >= 0.3 is 5.97 Å². The van der Waals surface area contributed by atoms with Crippen molar-refractivity contribution < 1.29 is 9.53 Å². The zero-order chi connectivity index (χ0) is 16.8. The van der Waals surface area contributed by atoms with Gasteiger partial charge in [-0.1, -0.05) is 32.3 Å². The Labute approximate surface area is 136 Å². The highest BCUT2D eigenvalue weighted by molar-refractivity contribution is 5.97. The molecule has 5 heteroatoms. The van der Waals surface area contributed by atoms with Gasteiger partial charge in [0.25, 0.3) is 0 Å². The number of anilines is 1. The van der Waals surface area contributed by atoms with Crippen molar-refractivity contribution in [2.75, 3.05) is 12.3 Å². The molecule has 1 heterocycles. The van der Waals surface area contributed by atoms with Crippen molar-refractivity contribution in [3.63, 3.8) is 0 Å². The van der Waals surface area contributed by atoms with Gasteiger partial charge < -0.3 is 15.0 Å². The van der Waals surface area contributed by atoms with Crippen molar-refractivity contribution in [3.05, 3.63) is 40.2 Å². The molecule has 0 amide bonds. The van der Waals surface area contributed by atoms with Crippen LogP contribution in [0.1, 0.15) is 49.9 Å². The van der Waals surface area contributed by atoms with E-state index >= 15 is 0 Å². The number of carbonyl (C=O) groups excluding carboxylic acids is 1. The molecular weight excluding hydrogens is 292 g/mol. The fraction of sp³-hybridized carbons (Fsp3) is 0.444. The zero-order valence-corrected chi connectivity index (χ0v) is 13.8. The first-order chi connectivity index (χ1) is 11.1. The lowest BCUT2D eigenvalue weighted by molar-refractivity contribution is 0.0524. The number of rotatable bonds is 7. The van der Waals surface area contributed by atoms with Crippen LogP contribution in [-0.2, 0) is 11.3 Å². The van der Waals surface area contributed by atoms with E-state index in [1.165, 1.54) is 6.42 Å². The molecule has 0 spiro atoms. The van der Waals surface area contributed by atoms with Crippen LogP contribution in [0.4, 0.5) is 5.69 Å². The van der Waals surface area contributed by atoms with Gasteiger partial charge in [-0.3, -0.25) is 4.79 Å². The Morgan fingerprint density at radius 1 is 1.22 bits per heavy atom. The highest BCUT2D eigenvalue weighted by Crippen LogP contribution is 2.19. The van der Waals surface area contributed by atoms with Gasteiger partial charge in [-0.2, -0.15) is 0 Å². The summed E-state index contributed by atoms with van der Waals surface area (Å²) in [5.41, 5.74) is 6.82. The van der Waals surface area contributed by atoms with Crippen LogP contribution in [0.3, 0.4) is 0 Å². The van der Waals surface area contributed by atoms with Gasteiger partial charge in [-0.05, 0) is 25.5 Å². The molecule has 0 fully saturated rings. The quantitative estimate of drug-likeness (QED) is 0.483. The summed E-state index contributed by atoms with van der Waals surface area (Å²) in [4.78, 5) is 24.7. The van der Waals surface area contributed by atoms with Crippen LogP contribution in [0.2, 0.25) is 0 Å². The molecule has 0 aliphatic heterocycles. The topological polar surface area (TPSA) is 74.3 Å². The molecule has 2 N–H and O–H groups in total. The predicted molar refractivity (Wildman–Crippen MR) is 92.7 cm³/mol. The maximum atomic E-state index is 12.6. The Balaban J connectivity index is 2.51. The van der Waals surface area contributed by atoms with E-state index in [2.05, 4.69) is 6.92 Å². The largest absolute Gasteiger partial charge is 0.462 e. The number of pyridine rings is 1. The molecule has 0 bridgehead atoms. The Morgan fingerprint density at radius 3 is 2.70 bits per heavy atom. The predicted octanol–water partition coefficient (Wildman–Crippen LogP) is 3.34. The Hall–Kier alpha value is -2.30. The second-order valence-electron chi connectivity index (χ2n) is 5.59. The third-order valence-electron chi connectivity index (χ3n) is 3.89. The number of nitrogens with zero attached hydrogens (tertiary/aromatic N) is 1. The lowest BCUT2D eigenvalue weighted by Gasteiger charge is -2.14. The van der Waals surface area contributed by atoms with Crippen LogP contribution in [0, 0.1) is 0 Å². The molecule has 2 aromatic rings. The summed E-state index contributed by atoms with van der Waals surface area (Å²) in [5, 5.41) is 0.397. The van der Waals surface area contributed by atoms with Crippen molar-refractivity contribution in [2.24, 2.45) is 0 Å². The fourth-order valence-electron chi connectivity index (χ4n) is 2.71. The first kappa shape index (κ1) is 17.1. The van der Waals surface area contributed by atoms with Gasteiger partial charge in [0.15, 0.2) is 0 Å². The number of hydrogen-bond acceptors (Lipinski definition) is 4. The number of aromatic nitrogens is 1. The first-order valence-corrected chi connectivity index (χ1v) is 8.18. The van der Waals surface area contributed by atoms with Crippen LogP contribution >= 0.6 is 0 Å². The minimum absolute atomic E-state index is 0.0488. The lowest BCUT2D eigenvalue weighted by Crippen LogP contribution is -2.21. The van der Waals surface area contributed by atoms with E-state index in [1.807, 2.05) is 16.7 Å². The number of aryl methyl sites for hydroxylation is 1. The molecule has 124 valence electrons. The van der Waals surface area contributed by atoms with E-state index in [4.69, 9.17) is 10.5 Å². The fourth-order valence-corrected chi connectivity index (χ4v) is 2.71. The van der Waals surface area contributed by atoms with Crippen molar-refractivity contribution in [3.8, 4) is 0 Å². The highest BCUT2D eigenvalue weighted by atomic mass is 16.5. The normalized spacial score (nSPS) is 10.9. The number of unbranched alkanes of at least 4 members (excludes halogenated alkanes) is 3. The van der Waals surface area contributed by atoms with E-state index < -0.39 is 5.97 Å². The molecule has 0 atom stereocenters. The standard InChI is InChI=1S/C18H24N2O3/c1-3-5-6-7-11-20-12-13(18(22)23-4-2)17(21)16-14(19)9-8-10-15(16)20/h8-10,12H,3-7,11,19H2,1-2H3. The van der Waals surface area contributed by atoms with Crippen LogP contribution < -0.4 is 11.2 Å². The monoisotopic (exact) mass is 316 g/mol.